The molecule has 1 aliphatic carbocycles. The minimum Gasteiger partial charge on any atom is -0.497 e. The van der Waals surface area contributed by atoms with Crippen LogP contribution in [0.2, 0.25) is 0 Å². The molecule has 2 amide bonds. The minimum absolute atomic E-state index is 0.372. The van der Waals surface area contributed by atoms with Crippen LogP contribution in [-0.2, 0) is 22.4 Å². The smallest absolute Gasteiger partial charge is 0.245 e. The molecular formula is C20H23N3O3. The molecule has 1 heterocycles. The lowest BCUT2D eigenvalue weighted by Crippen LogP contribution is -2.38. The summed E-state index contributed by atoms with van der Waals surface area (Å²) >= 11 is 0. The van der Waals surface area contributed by atoms with E-state index in [0.717, 1.165) is 53.3 Å². The number of aryl methyl sites for hydroxylation is 1. The van der Waals surface area contributed by atoms with Gasteiger partial charge in [-0.3, -0.25) is 15.0 Å². The summed E-state index contributed by atoms with van der Waals surface area (Å²) < 4.78 is 5.24. The zero-order valence-electron chi connectivity index (χ0n) is 15.3. The monoisotopic (exact) mass is 353 g/mol. The predicted octanol–water partition coefficient (Wildman–Crippen LogP) is 3.36. The van der Waals surface area contributed by atoms with Gasteiger partial charge in [0.1, 0.15) is 11.6 Å². The van der Waals surface area contributed by atoms with E-state index in [1.807, 2.05) is 30.3 Å². The van der Waals surface area contributed by atoms with Crippen molar-refractivity contribution in [1.82, 2.24) is 9.99 Å². The SMILES string of the molecule is COc1ccc(-c2cc(NN(C(C)=O)C(C)=O)nc3c2CCCC3)cc1. The second-order valence-corrected chi connectivity index (χ2v) is 6.40. The maximum Gasteiger partial charge on any atom is 0.245 e. The molecular weight excluding hydrogens is 330 g/mol. The first-order valence-electron chi connectivity index (χ1n) is 8.74. The highest BCUT2D eigenvalue weighted by atomic mass is 16.5. The zero-order chi connectivity index (χ0) is 18.7. The highest BCUT2D eigenvalue weighted by molar-refractivity contribution is 5.94. The van der Waals surface area contributed by atoms with Crippen molar-refractivity contribution in [2.45, 2.75) is 39.5 Å². The summed E-state index contributed by atoms with van der Waals surface area (Å²) in [5.74, 6) is 0.558. The highest BCUT2D eigenvalue weighted by Gasteiger charge is 2.20. The van der Waals surface area contributed by atoms with Crippen LogP contribution in [-0.4, -0.2) is 28.9 Å². The Balaban J connectivity index is 2.04. The zero-order valence-corrected chi connectivity index (χ0v) is 15.3. The van der Waals surface area contributed by atoms with Crippen molar-refractivity contribution in [3.05, 3.63) is 41.6 Å². The third-order valence-electron chi connectivity index (χ3n) is 4.56. The van der Waals surface area contributed by atoms with Gasteiger partial charge in [-0.1, -0.05) is 12.1 Å². The first-order valence-corrected chi connectivity index (χ1v) is 8.74. The van der Waals surface area contributed by atoms with E-state index < -0.39 is 0 Å². The van der Waals surface area contributed by atoms with Crippen LogP contribution in [0.15, 0.2) is 30.3 Å². The lowest BCUT2D eigenvalue weighted by atomic mass is 9.89. The summed E-state index contributed by atoms with van der Waals surface area (Å²) in [7, 11) is 1.64. The number of benzene rings is 1. The summed E-state index contributed by atoms with van der Waals surface area (Å²) in [5, 5.41) is 0.982. The number of hydrogen-bond acceptors (Lipinski definition) is 5. The summed E-state index contributed by atoms with van der Waals surface area (Å²) in [6, 6.07) is 9.79. The van der Waals surface area contributed by atoms with E-state index in [9.17, 15) is 9.59 Å². The number of amides is 2. The Morgan fingerprint density at radius 2 is 1.73 bits per heavy atom. The molecule has 0 saturated heterocycles. The van der Waals surface area contributed by atoms with Crippen molar-refractivity contribution in [3.63, 3.8) is 0 Å². The van der Waals surface area contributed by atoms with Gasteiger partial charge >= 0.3 is 0 Å². The maximum absolute atomic E-state index is 11.7. The predicted molar refractivity (Wildman–Crippen MR) is 99.7 cm³/mol. The van der Waals surface area contributed by atoms with Gasteiger partial charge in [-0.15, -0.1) is 0 Å². The number of nitrogens with zero attached hydrogens (tertiary/aromatic N) is 2. The van der Waals surface area contributed by atoms with Crippen LogP contribution >= 0.6 is 0 Å². The molecule has 0 radical (unpaired) electrons. The lowest BCUT2D eigenvalue weighted by molar-refractivity contribution is -0.140. The first-order chi connectivity index (χ1) is 12.5. The van der Waals surface area contributed by atoms with E-state index in [0.29, 0.717) is 5.82 Å². The Kier molecular flexibility index (Phi) is 5.21. The Morgan fingerprint density at radius 1 is 1.08 bits per heavy atom. The number of hydrogen-bond donors (Lipinski definition) is 1. The van der Waals surface area contributed by atoms with Gasteiger partial charge < -0.3 is 4.74 Å². The van der Waals surface area contributed by atoms with Crippen molar-refractivity contribution in [2.24, 2.45) is 0 Å². The molecule has 0 spiro atoms. The Hall–Kier alpha value is -2.89. The van der Waals surface area contributed by atoms with Gasteiger partial charge in [0, 0.05) is 19.5 Å². The third kappa shape index (κ3) is 3.69. The van der Waals surface area contributed by atoms with Crippen LogP contribution in [0.4, 0.5) is 5.82 Å². The average molecular weight is 353 g/mol. The molecule has 26 heavy (non-hydrogen) atoms. The summed E-state index contributed by atoms with van der Waals surface area (Å²) in [5.41, 5.74) is 7.26. The summed E-state index contributed by atoms with van der Waals surface area (Å²) in [6.45, 7) is 2.69. The molecule has 0 unspecified atom stereocenters. The number of carbonyl (C=O) groups is 2. The second kappa shape index (κ2) is 7.56. The van der Waals surface area contributed by atoms with Gasteiger partial charge in [-0.05, 0) is 60.6 Å². The molecule has 0 fully saturated rings. The molecule has 0 saturated carbocycles. The molecule has 1 aromatic carbocycles. The van der Waals surface area contributed by atoms with E-state index in [1.165, 1.54) is 19.4 Å². The number of imide groups is 1. The average Bonchev–Trinajstić information content (AvgIpc) is 2.65. The fourth-order valence-corrected chi connectivity index (χ4v) is 3.28. The van der Waals surface area contributed by atoms with Gasteiger partial charge in [0.15, 0.2) is 0 Å². The van der Waals surface area contributed by atoms with E-state index in [-0.39, 0.29) is 11.8 Å². The van der Waals surface area contributed by atoms with Gasteiger partial charge in [0.25, 0.3) is 0 Å². The molecule has 0 atom stereocenters. The van der Waals surface area contributed by atoms with Crippen molar-refractivity contribution in [2.75, 3.05) is 12.5 Å². The topological polar surface area (TPSA) is 71.5 Å². The number of ether oxygens (including phenoxy) is 1. The lowest BCUT2D eigenvalue weighted by Gasteiger charge is -2.23. The van der Waals surface area contributed by atoms with Crippen LogP contribution in [0.1, 0.15) is 37.9 Å². The fourth-order valence-electron chi connectivity index (χ4n) is 3.28. The summed E-state index contributed by atoms with van der Waals surface area (Å²) in [4.78, 5) is 28.1. The van der Waals surface area contributed by atoms with Gasteiger partial charge in [-0.25, -0.2) is 4.98 Å². The molecule has 1 aromatic heterocycles. The molecule has 1 N–H and O–H groups in total. The quantitative estimate of drug-likeness (QED) is 0.854. The highest BCUT2D eigenvalue weighted by Crippen LogP contribution is 2.33. The molecule has 136 valence electrons. The molecule has 0 bridgehead atoms. The van der Waals surface area contributed by atoms with E-state index in [1.54, 1.807) is 7.11 Å². The first kappa shape index (κ1) is 17.9. The third-order valence-corrected chi connectivity index (χ3v) is 4.56. The number of nitrogens with one attached hydrogen (secondary N) is 1. The van der Waals surface area contributed by atoms with E-state index >= 15 is 0 Å². The van der Waals surface area contributed by atoms with Crippen LogP contribution in [0.3, 0.4) is 0 Å². The number of fused-ring (bicyclic) bond motifs is 1. The largest absolute Gasteiger partial charge is 0.497 e. The van der Waals surface area contributed by atoms with Gasteiger partial charge in [0.2, 0.25) is 11.8 Å². The van der Waals surface area contributed by atoms with Crippen molar-refractivity contribution >= 4 is 17.6 Å². The van der Waals surface area contributed by atoms with Crippen LogP contribution in [0, 0.1) is 0 Å². The molecule has 0 aliphatic heterocycles. The second-order valence-electron chi connectivity index (χ2n) is 6.40. The van der Waals surface area contributed by atoms with E-state index in [4.69, 9.17) is 4.74 Å². The number of pyridine rings is 1. The Bertz CT molecular complexity index is 817. The molecule has 6 nitrogen and oxygen atoms in total. The molecule has 1 aliphatic rings. The number of anilines is 1. The number of aromatic nitrogens is 1. The standard InChI is InChI=1S/C20H23N3O3/c1-13(24)23(14(2)25)22-20-12-18(15-8-10-16(26-3)11-9-15)17-6-4-5-7-19(17)21-20/h8-12H,4-7H2,1-3H3,(H,21,22). The number of rotatable bonds is 4. The van der Waals surface area contributed by atoms with Crippen molar-refractivity contribution in [1.29, 1.82) is 0 Å². The normalized spacial score (nSPS) is 12.9. The van der Waals surface area contributed by atoms with E-state index in [2.05, 4.69) is 10.4 Å². The number of methoxy groups -OCH3 is 1. The van der Waals surface area contributed by atoms with Gasteiger partial charge in [0.05, 0.1) is 7.11 Å². The summed E-state index contributed by atoms with van der Waals surface area (Å²) in [6.07, 6.45) is 4.10. The Labute approximate surface area is 153 Å². The Morgan fingerprint density at radius 3 is 2.35 bits per heavy atom. The maximum atomic E-state index is 11.7. The molecule has 2 aromatic rings. The van der Waals surface area contributed by atoms with Crippen molar-refractivity contribution in [3.8, 4) is 16.9 Å². The number of carbonyl (C=O) groups excluding carboxylic acids is 2. The number of hydrazine groups is 1. The van der Waals surface area contributed by atoms with Crippen LogP contribution < -0.4 is 10.2 Å². The van der Waals surface area contributed by atoms with Crippen molar-refractivity contribution < 1.29 is 14.3 Å². The van der Waals surface area contributed by atoms with Crippen LogP contribution in [0.5, 0.6) is 5.75 Å². The van der Waals surface area contributed by atoms with Crippen LogP contribution in [0.25, 0.3) is 11.1 Å². The minimum atomic E-state index is -0.372. The molecule has 3 rings (SSSR count). The van der Waals surface area contributed by atoms with Gasteiger partial charge in [-0.2, -0.15) is 5.01 Å². The molecule has 6 heteroatoms. The fraction of sp³-hybridized carbons (Fsp3) is 0.350.